The molecule has 3 rings (SSSR count). The predicted molar refractivity (Wildman–Crippen MR) is 105 cm³/mol. The lowest BCUT2D eigenvalue weighted by Gasteiger charge is -2.10. The van der Waals surface area contributed by atoms with E-state index in [1.807, 2.05) is 38.1 Å². The Balaban J connectivity index is 1.55. The topological polar surface area (TPSA) is 92.9 Å². The van der Waals surface area contributed by atoms with Crippen molar-refractivity contribution in [3.05, 3.63) is 65.3 Å². The number of hydrogen-bond acceptors (Lipinski definition) is 7. The first-order valence-corrected chi connectivity index (χ1v) is 9.56. The molecule has 2 aromatic heterocycles. The molecule has 0 saturated heterocycles. The SMILES string of the molecule is Cc1noc(C)c1CSc1ccccc1C(=O)NCCNc1ncccn1. The number of thioether (sulfide) groups is 1. The molecule has 140 valence electrons. The van der Waals surface area contributed by atoms with Crippen molar-refractivity contribution >= 4 is 23.6 Å². The molecule has 2 heterocycles. The molecule has 0 bridgehead atoms. The maximum Gasteiger partial charge on any atom is 0.252 e. The van der Waals surface area contributed by atoms with Crippen LogP contribution in [-0.4, -0.2) is 34.1 Å². The van der Waals surface area contributed by atoms with Gasteiger partial charge in [-0.2, -0.15) is 0 Å². The molecule has 0 aliphatic carbocycles. The van der Waals surface area contributed by atoms with Crippen LogP contribution in [0.15, 0.2) is 52.1 Å². The average molecular weight is 383 g/mol. The Morgan fingerprint density at radius 3 is 2.63 bits per heavy atom. The second-order valence-corrected chi connectivity index (χ2v) is 6.86. The third kappa shape index (κ3) is 5.07. The molecule has 7 nitrogen and oxygen atoms in total. The van der Waals surface area contributed by atoms with Gasteiger partial charge in [0, 0.05) is 41.7 Å². The van der Waals surface area contributed by atoms with Crippen molar-refractivity contribution in [1.82, 2.24) is 20.4 Å². The summed E-state index contributed by atoms with van der Waals surface area (Å²) in [6.45, 7) is 4.84. The van der Waals surface area contributed by atoms with E-state index in [-0.39, 0.29) is 5.91 Å². The van der Waals surface area contributed by atoms with Gasteiger partial charge in [-0.3, -0.25) is 4.79 Å². The number of carbonyl (C=O) groups is 1. The zero-order valence-corrected chi connectivity index (χ0v) is 16.0. The average Bonchev–Trinajstić information content (AvgIpc) is 3.02. The van der Waals surface area contributed by atoms with Crippen LogP contribution < -0.4 is 10.6 Å². The lowest BCUT2D eigenvalue weighted by molar-refractivity contribution is 0.0952. The molecule has 1 aromatic carbocycles. The van der Waals surface area contributed by atoms with Crippen molar-refractivity contribution in [2.75, 3.05) is 18.4 Å². The Hall–Kier alpha value is -2.87. The predicted octanol–water partition coefficient (Wildman–Crippen LogP) is 3.22. The van der Waals surface area contributed by atoms with Gasteiger partial charge < -0.3 is 15.2 Å². The van der Waals surface area contributed by atoms with E-state index in [1.165, 1.54) is 0 Å². The van der Waals surface area contributed by atoms with Crippen LogP contribution in [0.25, 0.3) is 0 Å². The summed E-state index contributed by atoms with van der Waals surface area (Å²) < 4.78 is 5.20. The fourth-order valence-electron chi connectivity index (χ4n) is 2.47. The van der Waals surface area contributed by atoms with Crippen LogP contribution in [0.4, 0.5) is 5.95 Å². The van der Waals surface area contributed by atoms with Crippen LogP contribution in [-0.2, 0) is 5.75 Å². The van der Waals surface area contributed by atoms with Crippen molar-refractivity contribution in [3.63, 3.8) is 0 Å². The van der Waals surface area contributed by atoms with Gasteiger partial charge in [-0.25, -0.2) is 9.97 Å². The molecule has 3 aromatic rings. The Kier molecular flexibility index (Phi) is 6.43. The third-order valence-corrected chi connectivity index (χ3v) is 5.04. The van der Waals surface area contributed by atoms with Crippen LogP contribution in [0.3, 0.4) is 0 Å². The van der Waals surface area contributed by atoms with Crippen molar-refractivity contribution in [2.24, 2.45) is 0 Å². The molecule has 0 radical (unpaired) electrons. The number of amides is 1. The van der Waals surface area contributed by atoms with Gasteiger partial charge in [0.05, 0.1) is 11.3 Å². The summed E-state index contributed by atoms with van der Waals surface area (Å²) in [6, 6.07) is 9.34. The van der Waals surface area contributed by atoms with Gasteiger partial charge in [-0.05, 0) is 32.0 Å². The Bertz CT molecular complexity index is 879. The highest BCUT2D eigenvalue weighted by Gasteiger charge is 2.14. The van der Waals surface area contributed by atoms with Crippen LogP contribution >= 0.6 is 11.8 Å². The van der Waals surface area contributed by atoms with Crippen molar-refractivity contribution in [1.29, 1.82) is 0 Å². The minimum Gasteiger partial charge on any atom is -0.361 e. The number of nitrogens with one attached hydrogen (secondary N) is 2. The summed E-state index contributed by atoms with van der Waals surface area (Å²) in [6.07, 6.45) is 3.33. The van der Waals surface area contributed by atoms with Gasteiger partial charge in [0.25, 0.3) is 5.91 Å². The third-order valence-electron chi connectivity index (χ3n) is 3.94. The minimum atomic E-state index is -0.104. The summed E-state index contributed by atoms with van der Waals surface area (Å²) in [5.41, 5.74) is 2.61. The van der Waals surface area contributed by atoms with Crippen molar-refractivity contribution < 1.29 is 9.32 Å². The molecule has 1 amide bonds. The standard InChI is InChI=1S/C19H21N5O2S/c1-13-16(14(2)26-24-13)12-27-17-7-4-3-6-15(17)18(25)20-10-11-23-19-21-8-5-9-22-19/h3-9H,10-12H2,1-2H3,(H,20,25)(H,21,22,23). The number of aromatic nitrogens is 3. The van der Waals surface area contributed by atoms with E-state index >= 15 is 0 Å². The summed E-state index contributed by atoms with van der Waals surface area (Å²) >= 11 is 1.60. The van der Waals surface area contributed by atoms with Gasteiger partial charge in [-0.15, -0.1) is 11.8 Å². The zero-order valence-electron chi connectivity index (χ0n) is 15.2. The fourth-order valence-corrected chi connectivity index (χ4v) is 3.68. The number of hydrogen-bond donors (Lipinski definition) is 2. The molecule has 0 fully saturated rings. The Morgan fingerprint density at radius 2 is 1.89 bits per heavy atom. The van der Waals surface area contributed by atoms with Gasteiger partial charge in [-0.1, -0.05) is 17.3 Å². The number of anilines is 1. The van der Waals surface area contributed by atoms with E-state index in [0.29, 0.717) is 30.4 Å². The number of aryl methyl sites for hydroxylation is 2. The monoisotopic (exact) mass is 383 g/mol. The van der Waals surface area contributed by atoms with E-state index in [9.17, 15) is 4.79 Å². The minimum absolute atomic E-state index is 0.104. The van der Waals surface area contributed by atoms with Crippen LogP contribution in [0.5, 0.6) is 0 Å². The number of rotatable bonds is 8. The Morgan fingerprint density at radius 1 is 1.11 bits per heavy atom. The van der Waals surface area contributed by atoms with E-state index in [0.717, 1.165) is 21.9 Å². The van der Waals surface area contributed by atoms with Crippen molar-refractivity contribution in [2.45, 2.75) is 24.5 Å². The molecule has 0 aliphatic rings. The normalized spacial score (nSPS) is 10.6. The Labute approximate surface area is 162 Å². The second kappa shape index (κ2) is 9.18. The van der Waals surface area contributed by atoms with Crippen LogP contribution in [0.2, 0.25) is 0 Å². The lowest BCUT2D eigenvalue weighted by atomic mass is 10.2. The van der Waals surface area contributed by atoms with Crippen LogP contribution in [0.1, 0.15) is 27.4 Å². The summed E-state index contributed by atoms with van der Waals surface area (Å²) in [5, 5.41) is 9.96. The molecule has 0 unspecified atom stereocenters. The molecular formula is C19H21N5O2S. The molecule has 0 atom stereocenters. The largest absolute Gasteiger partial charge is 0.361 e. The number of nitrogens with zero attached hydrogens (tertiary/aromatic N) is 3. The van der Waals surface area contributed by atoms with E-state index in [2.05, 4.69) is 25.8 Å². The van der Waals surface area contributed by atoms with Crippen LogP contribution in [0, 0.1) is 13.8 Å². The smallest absolute Gasteiger partial charge is 0.252 e. The molecule has 2 N–H and O–H groups in total. The summed E-state index contributed by atoms with van der Waals surface area (Å²) in [7, 11) is 0. The second-order valence-electron chi connectivity index (χ2n) is 5.84. The molecule has 0 aliphatic heterocycles. The highest BCUT2D eigenvalue weighted by Crippen LogP contribution is 2.28. The summed E-state index contributed by atoms with van der Waals surface area (Å²) in [4.78, 5) is 21.6. The zero-order chi connectivity index (χ0) is 19.1. The van der Waals surface area contributed by atoms with Crippen molar-refractivity contribution in [3.8, 4) is 0 Å². The first-order chi connectivity index (χ1) is 13.1. The van der Waals surface area contributed by atoms with Gasteiger partial charge in [0.1, 0.15) is 5.76 Å². The maximum absolute atomic E-state index is 12.6. The summed E-state index contributed by atoms with van der Waals surface area (Å²) in [5.74, 6) is 1.96. The molecular weight excluding hydrogens is 362 g/mol. The number of carbonyl (C=O) groups excluding carboxylic acids is 1. The van der Waals surface area contributed by atoms with E-state index in [1.54, 1.807) is 30.2 Å². The quantitative estimate of drug-likeness (QED) is 0.456. The van der Waals surface area contributed by atoms with Gasteiger partial charge >= 0.3 is 0 Å². The molecule has 27 heavy (non-hydrogen) atoms. The van der Waals surface area contributed by atoms with E-state index < -0.39 is 0 Å². The van der Waals surface area contributed by atoms with E-state index in [4.69, 9.17) is 4.52 Å². The molecule has 8 heteroatoms. The highest BCUT2D eigenvalue weighted by atomic mass is 32.2. The first kappa shape index (κ1) is 18.9. The lowest BCUT2D eigenvalue weighted by Crippen LogP contribution is -2.29. The van der Waals surface area contributed by atoms with Gasteiger partial charge in [0.2, 0.25) is 5.95 Å². The molecule has 0 saturated carbocycles. The van der Waals surface area contributed by atoms with Gasteiger partial charge in [0.15, 0.2) is 0 Å². The molecule has 0 spiro atoms. The number of benzene rings is 1. The fraction of sp³-hybridized carbons (Fsp3) is 0.263. The first-order valence-electron chi connectivity index (χ1n) is 8.58. The highest BCUT2D eigenvalue weighted by molar-refractivity contribution is 7.98. The maximum atomic E-state index is 12.6.